The SMILES string of the molecule is CC(=O)SCc1ccc(NC(=O)CCl)cc1. The standard InChI is InChI=1S/C11H12ClNO2S/c1-8(14)16-7-9-2-4-10(5-3-9)13-11(15)6-12/h2-5H,6-7H2,1H3,(H,13,15). The number of thioether (sulfide) groups is 1. The van der Waals surface area contributed by atoms with Crippen molar-refractivity contribution < 1.29 is 9.59 Å². The van der Waals surface area contributed by atoms with E-state index in [0.717, 1.165) is 5.56 Å². The molecule has 0 bridgehead atoms. The molecular formula is C11H12ClNO2S. The van der Waals surface area contributed by atoms with Crippen LogP contribution >= 0.6 is 23.4 Å². The number of anilines is 1. The molecule has 0 unspecified atom stereocenters. The van der Waals surface area contributed by atoms with Crippen LogP contribution in [0.25, 0.3) is 0 Å². The van der Waals surface area contributed by atoms with Crippen molar-refractivity contribution in [3.63, 3.8) is 0 Å². The number of carbonyl (C=O) groups excluding carboxylic acids is 2. The highest BCUT2D eigenvalue weighted by Gasteiger charge is 2.01. The number of hydrogen-bond acceptors (Lipinski definition) is 3. The largest absolute Gasteiger partial charge is 0.325 e. The second-order valence-corrected chi connectivity index (χ2v) is 4.58. The molecule has 0 heterocycles. The minimum absolute atomic E-state index is 0.0536. The Kier molecular flexibility index (Phi) is 5.35. The molecule has 0 aliphatic heterocycles. The van der Waals surface area contributed by atoms with E-state index >= 15 is 0 Å². The lowest BCUT2D eigenvalue weighted by Crippen LogP contribution is -2.12. The van der Waals surface area contributed by atoms with E-state index in [-0.39, 0.29) is 16.9 Å². The van der Waals surface area contributed by atoms with Crippen molar-refractivity contribution in [1.82, 2.24) is 0 Å². The van der Waals surface area contributed by atoms with Crippen molar-refractivity contribution in [2.24, 2.45) is 0 Å². The van der Waals surface area contributed by atoms with Crippen LogP contribution in [-0.4, -0.2) is 16.9 Å². The Hall–Kier alpha value is -1.00. The number of rotatable bonds is 4. The molecule has 0 aliphatic carbocycles. The van der Waals surface area contributed by atoms with Crippen LogP contribution in [0.3, 0.4) is 0 Å². The fraction of sp³-hybridized carbons (Fsp3) is 0.273. The highest BCUT2D eigenvalue weighted by molar-refractivity contribution is 8.12. The Morgan fingerprint density at radius 2 is 1.94 bits per heavy atom. The zero-order chi connectivity index (χ0) is 12.0. The van der Waals surface area contributed by atoms with Crippen molar-refractivity contribution in [3.05, 3.63) is 29.8 Å². The molecule has 0 atom stereocenters. The summed E-state index contributed by atoms with van der Waals surface area (Å²) in [5.74, 6) is 0.369. The molecule has 0 aliphatic rings. The summed E-state index contributed by atoms with van der Waals surface area (Å²) in [6.07, 6.45) is 0. The fourth-order valence-corrected chi connectivity index (χ4v) is 1.69. The minimum Gasteiger partial charge on any atom is -0.325 e. The van der Waals surface area contributed by atoms with Gasteiger partial charge in [-0.1, -0.05) is 23.9 Å². The van der Waals surface area contributed by atoms with Gasteiger partial charge in [0.2, 0.25) is 5.91 Å². The van der Waals surface area contributed by atoms with Crippen LogP contribution < -0.4 is 5.32 Å². The molecular weight excluding hydrogens is 246 g/mol. The molecule has 1 N–H and O–H groups in total. The first-order valence-electron chi connectivity index (χ1n) is 4.70. The number of halogens is 1. The molecule has 0 spiro atoms. The molecule has 1 aromatic carbocycles. The van der Waals surface area contributed by atoms with Gasteiger partial charge in [-0.05, 0) is 17.7 Å². The Morgan fingerprint density at radius 1 is 1.31 bits per heavy atom. The monoisotopic (exact) mass is 257 g/mol. The van der Waals surface area contributed by atoms with E-state index in [4.69, 9.17) is 11.6 Å². The Balaban J connectivity index is 2.54. The quantitative estimate of drug-likeness (QED) is 0.844. The van der Waals surface area contributed by atoms with Gasteiger partial charge < -0.3 is 5.32 Å². The van der Waals surface area contributed by atoms with Gasteiger partial charge in [-0.2, -0.15) is 0 Å². The van der Waals surface area contributed by atoms with Crippen LogP contribution in [0.2, 0.25) is 0 Å². The van der Waals surface area contributed by atoms with Crippen LogP contribution in [0.1, 0.15) is 12.5 Å². The molecule has 1 amide bonds. The normalized spacial score (nSPS) is 9.88. The summed E-state index contributed by atoms with van der Waals surface area (Å²) < 4.78 is 0. The van der Waals surface area contributed by atoms with Crippen molar-refractivity contribution >= 4 is 40.1 Å². The number of nitrogens with one attached hydrogen (secondary N) is 1. The van der Waals surface area contributed by atoms with Crippen LogP contribution in [0, 0.1) is 0 Å². The van der Waals surface area contributed by atoms with Crippen molar-refractivity contribution in [2.75, 3.05) is 11.2 Å². The Bertz CT molecular complexity index is 378. The van der Waals surface area contributed by atoms with Gasteiger partial charge in [-0.15, -0.1) is 11.6 Å². The van der Waals surface area contributed by atoms with E-state index in [1.54, 1.807) is 19.1 Å². The number of alkyl halides is 1. The molecule has 0 aromatic heterocycles. The molecule has 0 saturated carbocycles. The van der Waals surface area contributed by atoms with Gasteiger partial charge in [0, 0.05) is 18.4 Å². The second kappa shape index (κ2) is 6.55. The zero-order valence-corrected chi connectivity index (χ0v) is 10.4. The fourth-order valence-electron chi connectivity index (χ4n) is 1.06. The van der Waals surface area contributed by atoms with Gasteiger partial charge >= 0.3 is 0 Å². The topological polar surface area (TPSA) is 46.2 Å². The van der Waals surface area contributed by atoms with Gasteiger partial charge in [-0.25, -0.2) is 0 Å². The molecule has 5 heteroatoms. The predicted octanol–water partition coefficient (Wildman–Crippen LogP) is 2.64. The van der Waals surface area contributed by atoms with Crippen LogP contribution in [0.5, 0.6) is 0 Å². The lowest BCUT2D eigenvalue weighted by atomic mass is 10.2. The molecule has 1 rings (SSSR count). The minimum atomic E-state index is -0.229. The van der Waals surface area contributed by atoms with Crippen LogP contribution in [0.15, 0.2) is 24.3 Å². The number of carbonyl (C=O) groups is 2. The smallest absolute Gasteiger partial charge is 0.239 e. The van der Waals surface area contributed by atoms with E-state index in [9.17, 15) is 9.59 Å². The maximum atomic E-state index is 11.0. The molecule has 86 valence electrons. The van der Waals surface area contributed by atoms with Gasteiger partial charge in [0.15, 0.2) is 5.12 Å². The zero-order valence-electron chi connectivity index (χ0n) is 8.83. The molecule has 0 saturated heterocycles. The summed E-state index contributed by atoms with van der Waals surface area (Å²) in [6, 6.07) is 7.33. The van der Waals surface area contributed by atoms with Crippen molar-refractivity contribution in [1.29, 1.82) is 0 Å². The van der Waals surface area contributed by atoms with Crippen molar-refractivity contribution in [2.45, 2.75) is 12.7 Å². The van der Waals surface area contributed by atoms with E-state index < -0.39 is 0 Å². The van der Waals surface area contributed by atoms with E-state index in [1.165, 1.54) is 11.8 Å². The maximum absolute atomic E-state index is 11.0. The number of benzene rings is 1. The molecule has 3 nitrogen and oxygen atoms in total. The third-order valence-corrected chi connectivity index (χ3v) is 2.93. The lowest BCUT2D eigenvalue weighted by Gasteiger charge is -2.04. The van der Waals surface area contributed by atoms with Crippen molar-refractivity contribution in [3.8, 4) is 0 Å². The Morgan fingerprint density at radius 3 is 2.44 bits per heavy atom. The van der Waals surface area contributed by atoms with Gasteiger partial charge in [-0.3, -0.25) is 9.59 Å². The molecule has 1 aromatic rings. The highest BCUT2D eigenvalue weighted by atomic mass is 35.5. The molecule has 0 fully saturated rings. The highest BCUT2D eigenvalue weighted by Crippen LogP contribution is 2.15. The number of amides is 1. The van der Waals surface area contributed by atoms with Crippen LogP contribution in [0.4, 0.5) is 5.69 Å². The van der Waals surface area contributed by atoms with E-state index in [0.29, 0.717) is 11.4 Å². The summed E-state index contributed by atoms with van der Waals surface area (Å²) >= 11 is 6.63. The summed E-state index contributed by atoms with van der Waals surface area (Å²) in [6.45, 7) is 1.54. The van der Waals surface area contributed by atoms with E-state index in [2.05, 4.69) is 5.32 Å². The first kappa shape index (κ1) is 13.1. The summed E-state index contributed by atoms with van der Waals surface area (Å²) in [5, 5.41) is 2.74. The first-order chi connectivity index (χ1) is 7.61. The third-order valence-electron chi connectivity index (χ3n) is 1.80. The predicted molar refractivity (Wildman–Crippen MR) is 67.8 cm³/mol. The average Bonchev–Trinajstić information content (AvgIpc) is 2.28. The maximum Gasteiger partial charge on any atom is 0.239 e. The third kappa shape index (κ3) is 4.68. The van der Waals surface area contributed by atoms with Gasteiger partial charge in [0.25, 0.3) is 0 Å². The summed E-state index contributed by atoms with van der Waals surface area (Å²) in [7, 11) is 0. The Labute approximate surface area is 104 Å². The average molecular weight is 258 g/mol. The van der Waals surface area contributed by atoms with Gasteiger partial charge in [0.05, 0.1) is 0 Å². The summed E-state index contributed by atoms with van der Waals surface area (Å²) in [5.41, 5.74) is 1.76. The number of hydrogen-bond donors (Lipinski definition) is 1. The molecule has 0 radical (unpaired) electrons. The van der Waals surface area contributed by atoms with Gasteiger partial charge in [0.1, 0.15) is 5.88 Å². The van der Waals surface area contributed by atoms with Crippen LogP contribution in [-0.2, 0) is 15.3 Å². The molecule has 16 heavy (non-hydrogen) atoms. The summed E-state index contributed by atoms with van der Waals surface area (Å²) in [4.78, 5) is 21.7. The lowest BCUT2D eigenvalue weighted by molar-refractivity contribution is -0.114. The van der Waals surface area contributed by atoms with E-state index in [1.807, 2.05) is 12.1 Å². The first-order valence-corrected chi connectivity index (χ1v) is 6.22. The second-order valence-electron chi connectivity index (χ2n) is 3.16.